The first-order valence-electron chi connectivity index (χ1n) is 8.87. The molecule has 6 N–H and O–H groups in total. The molecule has 0 unspecified atom stereocenters. The number of nitrogens with zero attached hydrogens (tertiary/aromatic N) is 1. The molecule has 30 heavy (non-hydrogen) atoms. The maximum atomic E-state index is 13.5. The van der Waals surface area contributed by atoms with Crippen LogP contribution in [0.4, 0.5) is 13.2 Å². The maximum absolute atomic E-state index is 13.5. The molecule has 1 aromatic heterocycles. The summed E-state index contributed by atoms with van der Waals surface area (Å²) in [7, 11) is 1.25. The van der Waals surface area contributed by atoms with Crippen LogP contribution in [0.3, 0.4) is 0 Å². The van der Waals surface area contributed by atoms with Crippen molar-refractivity contribution in [3.8, 4) is 5.75 Å². The Morgan fingerprint density at radius 1 is 1.17 bits per heavy atom. The van der Waals surface area contributed by atoms with E-state index in [9.17, 15) is 18.0 Å². The second-order valence-corrected chi connectivity index (χ2v) is 6.64. The summed E-state index contributed by atoms with van der Waals surface area (Å²) >= 11 is 0. The number of halogens is 3. The molecule has 3 rings (SSSR count). The number of aromatic nitrogens is 1. The van der Waals surface area contributed by atoms with Crippen LogP contribution >= 0.6 is 0 Å². The van der Waals surface area contributed by atoms with Crippen LogP contribution in [0.15, 0.2) is 42.5 Å². The molecule has 0 radical (unpaired) electrons. The second kappa shape index (κ2) is 8.07. The molecule has 0 atom stereocenters. The van der Waals surface area contributed by atoms with E-state index in [2.05, 4.69) is 4.98 Å². The molecule has 0 aliphatic heterocycles. The van der Waals surface area contributed by atoms with E-state index in [4.69, 9.17) is 21.6 Å². The Morgan fingerprint density at radius 3 is 2.37 bits per heavy atom. The molecule has 158 valence electrons. The summed E-state index contributed by atoms with van der Waals surface area (Å²) in [5.74, 6) is -1.12. The fourth-order valence-corrected chi connectivity index (χ4v) is 2.90. The zero-order chi connectivity index (χ0) is 22.1. The number of H-pyrrole nitrogens is 1. The number of fused-ring (bicyclic) bond motifs is 1. The van der Waals surface area contributed by atoms with Gasteiger partial charge in [-0.05, 0) is 29.3 Å². The van der Waals surface area contributed by atoms with Crippen LogP contribution in [0.1, 0.15) is 27.2 Å². The SMILES string of the molecule is CN(C(=N)N)C(=O)c1cc2c(C(F)(F)F)ccc(OCc3ccc(CN)cc3)c2[nH]1. The van der Waals surface area contributed by atoms with Gasteiger partial charge in [0.1, 0.15) is 18.1 Å². The predicted molar refractivity (Wildman–Crippen MR) is 106 cm³/mol. The first-order chi connectivity index (χ1) is 14.1. The first-order valence-corrected chi connectivity index (χ1v) is 8.87. The average molecular weight is 419 g/mol. The van der Waals surface area contributed by atoms with Crippen LogP contribution < -0.4 is 16.2 Å². The lowest BCUT2D eigenvalue weighted by molar-refractivity contribution is -0.136. The van der Waals surface area contributed by atoms with Gasteiger partial charge in [-0.15, -0.1) is 0 Å². The summed E-state index contributed by atoms with van der Waals surface area (Å²) in [5.41, 5.74) is 11.6. The predicted octanol–water partition coefficient (Wildman–Crippen LogP) is 3.19. The monoisotopic (exact) mass is 419 g/mol. The minimum Gasteiger partial charge on any atom is -0.487 e. The molecular formula is C20H20F3N5O2. The van der Waals surface area contributed by atoms with Crippen molar-refractivity contribution in [3.63, 3.8) is 0 Å². The Hall–Kier alpha value is -3.53. The van der Waals surface area contributed by atoms with Crippen LogP contribution in [0.5, 0.6) is 5.75 Å². The third kappa shape index (κ3) is 4.23. The Kier molecular flexibility index (Phi) is 5.70. The van der Waals surface area contributed by atoms with Gasteiger partial charge in [0.15, 0.2) is 5.96 Å². The number of alkyl halides is 3. The molecule has 0 spiro atoms. The summed E-state index contributed by atoms with van der Waals surface area (Å²) in [5, 5.41) is 7.14. The van der Waals surface area contributed by atoms with E-state index in [1.165, 1.54) is 13.1 Å². The Bertz CT molecular complexity index is 1090. The van der Waals surface area contributed by atoms with Crippen molar-refractivity contribution in [1.29, 1.82) is 5.41 Å². The largest absolute Gasteiger partial charge is 0.487 e. The summed E-state index contributed by atoms with van der Waals surface area (Å²) in [6, 6.07) is 10.5. The van der Waals surface area contributed by atoms with Crippen molar-refractivity contribution >= 4 is 22.8 Å². The van der Waals surface area contributed by atoms with Gasteiger partial charge in [-0.3, -0.25) is 15.1 Å². The molecule has 10 heteroatoms. The van der Waals surface area contributed by atoms with Crippen molar-refractivity contribution in [1.82, 2.24) is 9.88 Å². The van der Waals surface area contributed by atoms with Gasteiger partial charge in [0.25, 0.3) is 5.91 Å². The second-order valence-electron chi connectivity index (χ2n) is 6.64. The number of benzene rings is 2. The number of carbonyl (C=O) groups excluding carboxylic acids is 1. The molecule has 0 aliphatic rings. The van der Waals surface area contributed by atoms with Crippen molar-refractivity contribution in [2.45, 2.75) is 19.3 Å². The van der Waals surface area contributed by atoms with Crippen molar-refractivity contribution in [2.75, 3.05) is 7.05 Å². The highest BCUT2D eigenvalue weighted by atomic mass is 19.4. The molecule has 3 aromatic rings. The number of carbonyl (C=O) groups is 1. The number of hydrogen-bond donors (Lipinski definition) is 4. The number of nitrogens with one attached hydrogen (secondary N) is 2. The number of amides is 1. The van der Waals surface area contributed by atoms with Gasteiger partial charge >= 0.3 is 6.18 Å². The lowest BCUT2D eigenvalue weighted by Crippen LogP contribution is -2.38. The lowest BCUT2D eigenvalue weighted by Gasteiger charge is -2.13. The van der Waals surface area contributed by atoms with E-state index in [0.29, 0.717) is 6.54 Å². The smallest absolute Gasteiger partial charge is 0.417 e. The minimum atomic E-state index is -4.62. The van der Waals surface area contributed by atoms with Crippen LogP contribution in [-0.2, 0) is 19.3 Å². The van der Waals surface area contributed by atoms with Crippen molar-refractivity contribution in [2.24, 2.45) is 11.5 Å². The molecule has 0 saturated heterocycles. The fourth-order valence-electron chi connectivity index (χ4n) is 2.90. The molecule has 2 aromatic carbocycles. The zero-order valence-corrected chi connectivity index (χ0v) is 16.0. The van der Waals surface area contributed by atoms with Gasteiger partial charge in [0.2, 0.25) is 0 Å². The molecule has 1 heterocycles. The number of nitrogens with two attached hydrogens (primary N) is 2. The number of rotatable bonds is 5. The number of hydrogen-bond acceptors (Lipinski definition) is 4. The quantitative estimate of drug-likeness (QED) is 0.375. The highest BCUT2D eigenvalue weighted by Gasteiger charge is 2.34. The minimum absolute atomic E-state index is 0.0312. The van der Waals surface area contributed by atoms with Gasteiger partial charge < -0.3 is 21.2 Å². The van der Waals surface area contributed by atoms with Gasteiger partial charge in [0, 0.05) is 19.0 Å². The molecular weight excluding hydrogens is 399 g/mol. The average Bonchev–Trinajstić information content (AvgIpc) is 3.15. The molecule has 0 aliphatic carbocycles. The van der Waals surface area contributed by atoms with Gasteiger partial charge in [-0.1, -0.05) is 24.3 Å². The summed E-state index contributed by atoms with van der Waals surface area (Å²) in [4.78, 5) is 15.9. The maximum Gasteiger partial charge on any atom is 0.417 e. The van der Waals surface area contributed by atoms with Crippen LogP contribution in [0.25, 0.3) is 10.9 Å². The first kappa shape index (κ1) is 21.2. The van der Waals surface area contributed by atoms with E-state index < -0.39 is 23.6 Å². The van der Waals surface area contributed by atoms with Crippen LogP contribution in [0.2, 0.25) is 0 Å². The van der Waals surface area contributed by atoms with E-state index >= 15 is 0 Å². The molecule has 0 bridgehead atoms. The van der Waals surface area contributed by atoms with Crippen LogP contribution in [-0.4, -0.2) is 28.8 Å². The van der Waals surface area contributed by atoms with E-state index in [0.717, 1.165) is 28.2 Å². The molecule has 7 nitrogen and oxygen atoms in total. The Balaban J connectivity index is 1.99. The summed E-state index contributed by atoms with van der Waals surface area (Å²) in [6.45, 7) is 0.510. The van der Waals surface area contributed by atoms with Crippen molar-refractivity contribution in [3.05, 3.63) is 64.8 Å². The zero-order valence-electron chi connectivity index (χ0n) is 16.0. The fraction of sp³-hybridized carbons (Fsp3) is 0.200. The highest BCUT2D eigenvalue weighted by molar-refractivity contribution is 6.06. The van der Waals surface area contributed by atoms with E-state index in [1.807, 2.05) is 24.3 Å². The van der Waals surface area contributed by atoms with Gasteiger partial charge in [0.05, 0.1) is 11.1 Å². The summed E-state index contributed by atoms with van der Waals surface area (Å²) < 4.78 is 46.1. The van der Waals surface area contributed by atoms with Gasteiger partial charge in [-0.2, -0.15) is 13.2 Å². The number of ether oxygens (including phenoxy) is 1. The lowest BCUT2D eigenvalue weighted by atomic mass is 10.1. The summed E-state index contributed by atoms with van der Waals surface area (Å²) in [6.07, 6.45) is -4.62. The standard InChI is InChI=1S/C20H20F3N5O2/c1-28(19(25)26)18(29)15-8-13-14(20(21,22)23)6-7-16(17(13)27-15)30-10-12-4-2-11(9-24)3-5-12/h2-8,27H,9-10,24H2,1H3,(H3,25,26). The van der Waals surface area contributed by atoms with E-state index in [1.54, 1.807) is 0 Å². The topological polar surface area (TPSA) is 121 Å². The molecule has 0 saturated carbocycles. The Labute approximate surface area is 169 Å². The number of aromatic amines is 1. The third-order valence-electron chi connectivity index (χ3n) is 4.61. The Morgan fingerprint density at radius 2 is 1.80 bits per heavy atom. The van der Waals surface area contributed by atoms with Crippen LogP contribution in [0, 0.1) is 5.41 Å². The normalized spacial score (nSPS) is 11.5. The molecule has 0 fully saturated rings. The molecule has 1 amide bonds. The van der Waals surface area contributed by atoms with Gasteiger partial charge in [-0.25, -0.2) is 0 Å². The number of guanidine groups is 1. The third-order valence-corrected chi connectivity index (χ3v) is 4.61. The van der Waals surface area contributed by atoms with Crippen molar-refractivity contribution < 1.29 is 22.7 Å². The highest BCUT2D eigenvalue weighted by Crippen LogP contribution is 2.39. The van der Waals surface area contributed by atoms with E-state index in [-0.39, 0.29) is 29.0 Å².